The molecule has 1 saturated heterocycles. The molecule has 0 bridgehead atoms. The molecule has 3 rings (SSSR count). The maximum Gasteiger partial charge on any atom is 0.342 e. The third-order valence-electron chi connectivity index (χ3n) is 5.20. The lowest BCUT2D eigenvalue weighted by Crippen LogP contribution is -2.36. The van der Waals surface area contributed by atoms with Crippen LogP contribution in [0.25, 0.3) is 6.08 Å². The van der Waals surface area contributed by atoms with Gasteiger partial charge in [-0.05, 0) is 45.7 Å². The minimum atomic E-state index is -0.793. The first-order valence-corrected chi connectivity index (χ1v) is 10.9. The number of aromatic hydroxyl groups is 2. The van der Waals surface area contributed by atoms with Gasteiger partial charge in [-0.3, -0.25) is 0 Å². The van der Waals surface area contributed by atoms with Crippen LogP contribution in [0.4, 0.5) is 0 Å². The van der Waals surface area contributed by atoms with Crippen LogP contribution in [0.3, 0.4) is 0 Å². The summed E-state index contributed by atoms with van der Waals surface area (Å²) in [6, 6.07) is 2.53. The summed E-state index contributed by atoms with van der Waals surface area (Å²) in [6.07, 6.45) is 6.53. The van der Waals surface area contributed by atoms with Crippen LogP contribution in [0.2, 0.25) is 0 Å². The number of phenolic OH excluding ortho intramolecular Hbond substituents is 2. The molecule has 1 aromatic carbocycles. The standard InChI is InChI=1S/C24H32O8/c1-5-28-14-29-19-10-6-8-15(2)30-23(27)21-16(12-17(25)13-18(21)26)9-7-11-20-22(19)32-24(3,4)31-20/h6-7,9-10,12-13,15,19-20,22,25-26H,5,8,11,14H2,1-4H3/b9-7+,10-6-/t15-,19?,20-,22+/m0/s1. The Morgan fingerprint density at radius 3 is 2.69 bits per heavy atom. The van der Waals surface area contributed by atoms with E-state index in [4.69, 9.17) is 23.7 Å². The molecule has 0 amide bonds. The predicted octanol–water partition coefficient (Wildman–Crippen LogP) is 3.91. The van der Waals surface area contributed by atoms with Gasteiger partial charge in [-0.25, -0.2) is 4.79 Å². The van der Waals surface area contributed by atoms with Crippen LogP contribution in [0.5, 0.6) is 11.5 Å². The molecule has 1 unspecified atom stereocenters. The average Bonchev–Trinajstić information content (AvgIpc) is 3.00. The Morgan fingerprint density at radius 1 is 1.16 bits per heavy atom. The van der Waals surface area contributed by atoms with Crippen LogP contribution in [-0.2, 0) is 23.7 Å². The minimum Gasteiger partial charge on any atom is -0.508 e. The molecule has 0 radical (unpaired) electrons. The van der Waals surface area contributed by atoms with Crippen LogP contribution in [0.15, 0.2) is 30.4 Å². The van der Waals surface area contributed by atoms with Crippen LogP contribution in [0.1, 0.15) is 56.5 Å². The highest BCUT2D eigenvalue weighted by Crippen LogP contribution is 2.34. The molecule has 0 aliphatic carbocycles. The summed E-state index contributed by atoms with van der Waals surface area (Å²) in [6.45, 7) is 8.00. The molecule has 8 nitrogen and oxygen atoms in total. The SMILES string of the molecule is CCOCOC1/C=C\C[C@H](C)OC(=O)c2c(O)cc(O)cc2/C=C/C[C@@H]2OC(C)(C)O[C@H]12. The number of esters is 1. The molecular formula is C24H32O8. The van der Waals surface area contributed by atoms with E-state index in [1.165, 1.54) is 6.07 Å². The van der Waals surface area contributed by atoms with Crippen molar-refractivity contribution >= 4 is 12.0 Å². The van der Waals surface area contributed by atoms with E-state index in [2.05, 4.69) is 0 Å². The van der Waals surface area contributed by atoms with Gasteiger partial charge in [0.2, 0.25) is 0 Å². The largest absolute Gasteiger partial charge is 0.508 e. The molecule has 8 heteroatoms. The van der Waals surface area contributed by atoms with Crippen molar-refractivity contribution in [1.82, 2.24) is 0 Å². The number of hydrogen-bond acceptors (Lipinski definition) is 8. The van der Waals surface area contributed by atoms with E-state index in [-0.39, 0.29) is 36.1 Å². The lowest BCUT2D eigenvalue weighted by Gasteiger charge is -2.24. The van der Waals surface area contributed by atoms with Crippen molar-refractivity contribution in [3.05, 3.63) is 41.5 Å². The van der Waals surface area contributed by atoms with Gasteiger partial charge in [0.15, 0.2) is 5.79 Å². The van der Waals surface area contributed by atoms with E-state index in [1.54, 1.807) is 13.0 Å². The van der Waals surface area contributed by atoms with Gasteiger partial charge in [-0.15, -0.1) is 0 Å². The third-order valence-corrected chi connectivity index (χ3v) is 5.20. The molecule has 2 heterocycles. The van der Waals surface area contributed by atoms with Gasteiger partial charge in [0.1, 0.15) is 42.2 Å². The van der Waals surface area contributed by atoms with Gasteiger partial charge in [0.05, 0.1) is 6.10 Å². The first kappa shape index (κ1) is 24.3. The highest BCUT2D eigenvalue weighted by Gasteiger charge is 2.44. The second-order valence-electron chi connectivity index (χ2n) is 8.33. The van der Waals surface area contributed by atoms with Crippen LogP contribution in [0, 0.1) is 0 Å². The summed E-state index contributed by atoms with van der Waals surface area (Å²) in [5.74, 6) is -1.95. The van der Waals surface area contributed by atoms with Crippen LogP contribution >= 0.6 is 0 Å². The Balaban J connectivity index is 1.95. The summed E-state index contributed by atoms with van der Waals surface area (Å²) < 4.78 is 29.1. The molecule has 1 fully saturated rings. The van der Waals surface area contributed by atoms with Crippen molar-refractivity contribution in [3.63, 3.8) is 0 Å². The zero-order valence-corrected chi connectivity index (χ0v) is 18.9. The number of benzene rings is 1. The van der Waals surface area contributed by atoms with Crippen LogP contribution < -0.4 is 0 Å². The second-order valence-corrected chi connectivity index (χ2v) is 8.33. The van der Waals surface area contributed by atoms with Gasteiger partial charge in [-0.2, -0.15) is 0 Å². The van der Waals surface area contributed by atoms with Crippen molar-refractivity contribution in [2.24, 2.45) is 0 Å². The monoisotopic (exact) mass is 448 g/mol. The van der Waals surface area contributed by atoms with Gasteiger partial charge in [0, 0.05) is 19.1 Å². The first-order chi connectivity index (χ1) is 15.2. The molecule has 0 aromatic heterocycles. The Bertz CT molecular complexity index is 860. The fourth-order valence-corrected chi connectivity index (χ4v) is 3.80. The highest BCUT2D eigenvalue weighted by atomic mass is 16.8. The maximum absolute atomic E-state index is 12.7. The average molecular weight is 449 g/mol. The Morgan fingerprint density at radius 2 is 1.94 bits per heavy atom. The van der Waals surface area contributed by atoms with Crippen molar-refractivity contribution in [1.29, 1.82) is 0 Å². The third kappa shape index (κ3) is 6.10. The zero-order chi connectivity index (χ0) is 23.3. The van der Waals surface area contributed by atoms with Gasteiger partial charge < -0.3 is 33.9 Å². The van der Waals surface area contributed by atoms with Gasteiger partial charge in [-0.1, -0.05) is 24.3 Å². The molecule has 2 N–H and O–H groups in total. The number of carbonyl (C=O) groups excluding carboxylic acids is 1. The van der Waals surface area contributed by atoms with E-state index in [9.17, 15) is 15.0 Å². The summed E-state index contributed by atoms with van der Waals surface area (Å²) in [4.78, 5) is 12.7. The summed E-state index contributed by atoms with van der Waals surface area (Å²) in [5.41, 5.74) is 0.358. The quantitative estimate of drug-likeness (QED) is 0.309. The molecule has 2 aliphatic heterocycles. The predicted molar refractivity (Wildman–Crippen MR) is 117 cm³/mol. The number of fused-ring (bicyclic) bond motifs is 2. The minimum absolute atomic E-state index is 0.00494. The van der Waals surface area contributed by atoms with E-state index in [0.717, 1.165) is 6.07 Å². The number of rotatable bonds is 4. The maximum atomic E-state index is 12.7. The molecule has 32 heavy (non-hydrogen) atoms. The fraction of sp³-hybridized carbons (Fsp3) is 0.542. The Kier molecular flexibility index (Phi) is 7.95. The highest BCUT2D eigenvalue weighted by molar-refractivity contribution is 5.97. The van der Waals surface area contributed by atoms with Gasteiger partial charge >= 0.3 is 5.97 Å². The molecular weight excluding hydrogens is 416 g/mol. The molecule has 1 aromatic rings. The summed E-state index contributed by atoms with van der Waals surface area (Å²) in [7, 11) is 0. The Hall–Kier alpha value is -2.39. The van der Waals surface area contributed by atoms with Crippen molar-refractivity contribution in [3.8, 4) is 11.5 Å². The zero-order valence-electron chi connectivity index (χ0n) is 18.9. The lowest BCUT2D eigenvalue weighted by molar-refractivity contribution is -0.165. The Labute approximate surface area is 188 Å². The lowest BCUT2D eigenvalue weighted by atomic mass is 10.0. The molecule has 4 atom stereocenters. The normalized spacial score (nSPS) is 29.9. The number of ether oxygens (including phenoxy) is 5. The topological polar surface area (TPSA) is 104 Å². The van der Waals surface area contributed by atoms with Gasteiger partial charge in [0.25, 0.3) is 0 Å². The molecule has 0 spiro atoms. The first-order valence-electron chi connectivity index (χ1n) is 10.9. The molecule has 0 saturated carbocycles. The molecule has 2 aliphatic rings. The smallest absolute Gasteiger partial charge is 0.342 e. The summed E-state index contributed by atoms with van der Waals surface area (Å²) >= 11 is 0. The van der Waals surface area contributed by atoms with Crippen molar-refractivity contribution < 1.29 is 38.7 Å². The fourth-order valence-electron chi connectivity index (χ4n) is 3.80. The second kappa shape index (κ2) is 10.5. The number of hydrogen-bond donors (Lipinski definition) is 2. The van der Waals surface area contributed by atoms with Crippen molar-refractivity contribution in [2.45, 2.75) is 70.7 Å². The van der Waals surface area contributed by atoms with E-state index >= 15 is 0 Å². The number of phenols is 2. The number of cyclic esters (lactones) is 1. The van der Waals surface area contributed by atoms with Crippen LogP contribution in [-0.4, -0.2) is 59.8 Å². The molecule has 176 valence electrons. The van der Waals surface area contributed by atoms with Crippen molar-refractivity contribution in [2.75, 3.05) is 13.4 Å². The summed E-state index contributed by atoms with van der Waals surface area (Å²) in [5, 5.41) is 20.2. The van der Waals surface area contributed by atoms with E-state index < -0.39 is 24.0 Å². The van der Waals surface area contributed by atoms with E-state index in [0.29, 0.717) is 25.0 Å². The van der Waals surface area contributed by atoms with E-state index in [1.807, 2.05) is 39.0 Å². The number of carbonyl (C=O) groups is 1.